The van der Waals surface area contributed by atoms with Crippen LogP contribution in [0, 0.1) is 6.92 Å². The molecule has 0 fully saturated rings. The van der Waals surface area contributed by atoms with E-state index < -0.39 is 10.0 Å². The molecule has 1 N–H and O–H groups in total. The van der Waals surface area contributed by atoms with E-state index in [0.29, 0.717) is 5.82 Å². The molecular weight excluding hydrogens is 294 g/mol. The first-order chi connectivity index (χ1) is 7.36. The second kappa shape index (κ2) is 5.29. The predicted octanol–water partition coefficient (Wildman–Crippen LogP) is 1.18. The third-order valence-corrected chi connectivity index (χ3v) is 4.18. The molecule has 0 aromatic carbocycles. The molecule has 16 heavy (non-hydrogen) atoms. The number of sulfonamides is 1. The maximum Gasteiger partial charge on any atom is 0.259 e. The lowest BCUT2D eigenvalue weighted by Crippen LogP contribution is -2.33. The van der Waals surface area contributed by atoms with E-state index in [1.54, 1.807) is 18.5 Å². The van der Waals surface area contributed by atoms with Crippen molar-refractivity contribution < 1.29 is 8.42 Å². The van der Waals surface area contributed by atoms with Gasteiger partial charge in [-0.15, -0.1) is 0 Å². The average molecular weight is 310 g/mol. The first kappa shape index (κ1) is 13.7. The van der Waals surface area contributed by atoms with Crippen LogP contribution in [0.25, 0.3) is 0 Å². The highest BCUT2D eigenvalue weighted by molar-refractivity contribution is 9.09. The highest BCUT2D eigenvalue weighted by atomic mass is 79.9. The van der Waals surface area contributed by atoms with Gasteiger partial charge in [0.15, 0.2) is 5.03 Å². The summed E-state index contributed by atoms with van der Waals surface area (Å²) in [5.41, 5.74) is 0. The van der Waals surface area contributed by atoms with Crippen molar-refractivity contribution in [1.29, 1.82) is 0 Å². The molecule has 1 rings (SSSR count). The van der Waals surface area contributed by atoms with Crippen LogP contribution in [0.2, 0.25) is 0 Å². The van der Waals surface area contributed by atoms with E-state index in [1.165, 1.54) is 6.20 Å². The molecule has 1 aromatic rings. The van der Waals surface area contributed by atoms with Crippen molar-refractivity contribution in [3.05, 3.63) is 12.0 Å². The van der Waals surface area contributed by atoms with E-state index >= 15 is 0 Å². The van der Waals surface area contributed by atoms with Crippen molar-refractivity contribution in [2.75, 3.05) is 5.33 Å². The molecule has 0 amide bonds. The normalized spacial score (nSPS) is 14.0. The molecule has 7 heteroatoms. The van der Waals surface area contributed by atoms with Crippen LogP contribution in [0.3, 0.4) is 0 Å². The van der Waals surface area contributed by atoms with Crippen LogP contribution < -0.4 is 4.72 Å². The fraction of sp³-hybridized carbons (Fsp3) is 0.667. The number of aromatic nitrogens is 2. The van der Waals surface area contributed by atoms with E-state index in [4.69, 9.17) is 0 Å². The Balaban J connectivity index is 2.86. The third kappa shape index (κ3) is 3.29. The van der Waals surface area contributed by atoms with E-state index in [9.17, 15) is 8.42 Å². The molecule has 1 aromatic heterocycles. The number of aryl methyl sites for hydroxylation is 2. The number of imidazole rings is 1. The molecule has 0 aliphatic carbocycles. The van der Waals surface area contributed by atoms with Gasteiger partial charge < -0.3 is 4.57 Å². The Bertz CT molecular complexity index is 436. The van der Waals surface area contributed by atoms with Crippen LogP contribution in [-0.2, 0) is 17.1 Å². The standard InChI is InChI=1S/C9H16BrN3O2S/c1-7(4-5-10)12-16(14,15)9-6-13(3)8(2)11-9/h6-7,12H,4-5H2,1-3H3. The average Bonchev–Trinajstić information content (AvgIpc) is 2.47. The second-order valence-corrected chi connectivity index (χ2v) is 6.19. The Morgan fingerprint density at radius 2 is 2.25 bits per heavy atom. The molecule has 1 atom stereocenters. The van der Waals surface area contributed by atoms with Gasteiger partial charge in [0.05, 0.1) is 0 Å². The highest BCUT2D eigenvalue weighted by Gasteiger charge is 2.20. The van der Waals surface area contributed by atoms with Crippen molar-refractivity contribution in [3.63, 3.8) is 0 Å². The highest BCUT2D eigenvalue weighted by Crippen LogP contribution is 2.09. The lowest BCUT2D eigenvalue weighted by Gasteiger charge is -2.10. The van der Waals surface area contributed by atoms with Gasteiger partial charge in [0.1, 0.15) is 5.82 Å². The Hall–Kier alpha value is -0.400. The summed E-state index contributed by atoms with van der Waals surface area (Å²) in [6.45, 7) is 3.59. The summed E-state index contributed by atoms with van der Waals surface area (Å²) < 4.78 is 28.0. The van der Waals surface area contributed by atoms with E-state index in [2.05, 4.69) is 25.6 Å². The maximum absolute atomic E-state index is 11.9. The van der Waals surface area contributed by atoms with Crippen molar-refractivity contribution >= 4 is 26.0 Å². The first-order valence-electron chi connectivity index (χ1n) is 4.95. The lowest BCUT2D eigenvalue weighted by atomic mass is 10.3. The van der Waals surface area contributed by atoms with Gasteiger partial charge in [0.25, 0.3) is 10.0 Å². The van der Waals surface area contributed by atoms with Crippen molar-refractivity contribution in [1.82, 2.24) is 14.3 Å². The molecule has 0 saturated heterocycles. The van der Waals surface area contributed by atoms with E-state index in [0.717, 1.165) is 11.8 Å². The van der Waals surface area contributed by atoms with Crippen molar-refractivity contribution in [2.24, 2.45) is 7.05 Å². The molecule has 0 aliphatic heterocycles. The molecule has 1 heterocycles. The predicted molar refractivity (Wildman–Crippen MR) is 66.1 cm³/mol. The maximum atomic E-state index is 11.9. The molecule has 0 bridgehead atoms. The van der Waals surface area contributed by atoms with Gasteiger partial charge in [-0.2, -0.15) is 0 Å². The second-order valence-electron chi connectivity index (χ2n) is 3.74. The zero-order valence-corrected chi connectivity index (χ0v) is 12.0. The number of nitrogens with zero attached hydrogens (tertiary/aromatic N) is 2. The monoisotopic (exact) mass is 309 g/mol. The molecule has 0 saturated carbocycles. The number of alkyl halides is 1. The van der Waals surface area contributed by atoms with E-state index in [-0.39, 0.29) is 11.1 Å². The molecule has 1 unspecified atom stereocenters. The Morgan fingerprint density at radius 3 is 2.69 bits per heavy atom. The van der Waals surface area contributed by atoms with E-state index in [1.807, 2.05) is 6.92 Å². The zero-order chi connectivity index (χ0) is 12.3. The molecule has 5 nitrogen and oxygen atoms in total. The van der Waals surface area contributed by atoms with Crippen LogP contribution in [0.15, 0.2) is 11.2 Å². The summed E-state index contributed by atoms with van der Waals surface area (Å²) >= 11 is 3.27. The Labute approximate surface area is 104 Å². The minimum atomic E-state index is -3.49. The largest absolute Gasteiger partial charge is 0.337 e. The van der Waals surface area contributed by atoms with Gasteiger partial charge in [-0.05, 0) is 20.3 Å². The number of rotatable bonds is 5. The zero-order valence-electron chi connectivity index (χ0n) is 9.57. The van der Waals surface area contributed by atoms with Crippen molar-refractivity contribution in [3.8, 4) is 0 Å². The number of hydrogen-bond donors (Lipinski definition) is 1. The quantitative estimate of drug-likeness (QED) is 0.831. The molecular formula is C9H16BrN3O2S. The smallest absolute Gasteiger partial charge is 0.259 e. The fourth-order valence-electron chi connectivity index (χ4n) is 1.20. The van der Waals surface area contributed by atoms with Crippen LogP contribution in [0.5, 0.6) is 0 Å². The van der Waals surface area contributed by atoms with Gasteiger partial charge in [-0.3, -0.25) is 0 Å². The van der Waals surface area contributed by atoms with Gasteiger partial charge in [0, 0.05) is 24.6 Å². The Kier molecular flexibility index (Phi) is 4.52. The fourth-order valence-corrected chi connectivity index (χ4v) is 3.21. The summed E-state index contributed by atoms with van der Waals surface area (Å²) in [6.07, 6.45) is 2.25. The third-order valence-electron chi connectivity index (χ3n) is 2.26. The minimum Gasteiger partial charge on any atom is -0.337 e. The Morgan fingerprint density at radius 1 is 1.62 bits per heavy atom. The summed E-state index contributed by atoms with van der Waals surface area (Å²) in [4.78, 5) is 4.00. The number of nitrogens with one attached hydrogen (secondary N) is 1. The SMILES string of the molecule is Cc1nc(S(=O)(=O)NC(C)CCBr)cn1C. The van der Waals surface area contributed by atoms with Crippen LogP contribution in [0.4, 0.5) is 0 Å². The van der Waals surface area contributed by atoms with Gasteiger partial charge >= 0.3 is 0 Å². The van der Waals surface area contributed by atoms with Gasteiger partial charge in [0.2, 0.25) is 0 Å². The van der Waals surface area contributed by atoms with Gasteiger partial charge in [-0.25, -0.2) is 18.1 Å². The molecule has 0 radical (unpaired) electrons. The number of halogens is 1. The molecule has 0 spiro atoms. The summed E-state index contributed by atoms with van der Waals surface area (Å²) in [5.74, 6) is 0.675. The van der Waals surface area contributed by atoms with Crippen molar-refractivity contribution in [2.45, 2.75) is 31.3 Å². The minimum absolute atomic E-state index is 0.0777. The lowest BCUT2D eigenvalue weighted by molar-refractivity contribution is 0.554. The summed E-state index contributed by atoms with van der Waals surface area (Å²) in [6, 6.07) is -0.105. The van der Waals surface area contributed by atoms with Crippen LogP contribution in [0.1, 0.15) is 19.2 Å². The van der Waals surface area contributed by atoms with Crippen LogP contribution >= 0.6 is 15.9 Å². The summed E-state index contributed by atoms with van der Waals surface area (Å²) in [5, 5.41) is 0.840. The first-order valence-corrected chi connectivity index (χ1v) is 7.55. The summed E-state index contributed by atoms with van der Waals surface area (Å²) in [7, 11) is -1.72. The van der Waals surface area contributed by atoms with Crippen LogP contribution in [-0.4, -0.2) is 29.3 Å². The molecule has 92 valence electrons. The topological polar surface area (TPSA) is 64.0 Å². The van der Waals surface area contributed by atoms with Gasteiger partial charge in [-0.1, -0.05) is 15.9 Å². The number of hydrogen-bond acceptors (Lipinski definition) is 3. The molecule has 0 aliphatic rings.